The first-order valence-corrected chi connectivity index (χ1v) is 9.02. The number of rotatable bonds is 5. The number of nitrogens with zero attached hydrogens (tertiary/aromatic N) is 1. The van der Waals surface area contributed by atoms with Gasteiger partial charge in [0.2, 0.25) is 0 Å². The van der Waals surface area contributed by atoms with Crippen molar-refractivity contribution in [3.63, 3.8) is 0 Å². The Morgan fingerprint density at radius 2 is 1.80 bits per heavy atom. The highest BCUT2D eigenvalue weighted by atomic mass is 31.2. The van der Waals surface area contributed by atoms with Crippen molar-refractivity contribution >= 4 is 13.5 Å². The molecule has 9 heteroatoms. The van der Waals surface area contributed by atoms with Gasteiger partial charge in [-0.2, -0.15) is 4.76 Å². The smallest absolute Gasteiger partial charge is 0.448 e. The number of aromatic hydroxyl groups is 1. The number of hydrogen-bond donors (Lipinski definition) is 6. The second-order valence-corrected chi connectivity index (χ2v) is 7.25. The second kappa shape index (κ2) is 7.11. The highest BCUT2D eigenvalue weighted by Crippen LogP contribution is 2.40. The third kappa shape index (κ3) is 5.26. The molecule has 8 nitrogen and oxygen atoms in total. The molecule has 0 amide bonds. The Balaban J connectivity index is 2.27. The molecule has 0 saturated heterocycles. The molecular weight excluding hydrogens is 349 g/mol. The van der Waals surface area contributed by atoms with Gasteiger partial charge in [-0.3, -0.25) is 0 Å². The van der Waals surface area contributed by atoms with E-state index in [-0.39, 0.29) is 29.6 Å². The zero-order valence-corrected chi connectivity index (χ0v) is 14.3. The molecular formula is C16H20NO7P. The summed E-state index contributed by atoms with van der Waals surface area (Å²) in [5.41, 5.74) is 0.424. The lowest BCUT2D eigenvalue weighted by Gasteiger charge is -2.33. The van der Waals surface area contributed by atoms with Crippen LogP contribution in [0.25, 0.3) is 0 Å². The maximum absolute atomic E-state index is 11.1. The van der Waals surface area contributed by atoms with E-state index in [0.29, 0.717) is 0 Å². The van der Waals surface area contributed by atoms with Crippen molar-refractivity contribution in [2.45, 2.75) is 25.0 Å². The summed E-state index contributed by atoms with van der Waals surface area (Å²) in [7, 11) is -4.82. The number of phenolic OH excluding ortho intramolecular Hbond substituents is 1. The SMILES string of the molecule is CC(CC(O)(O)C1C=CC(O)=CC1=NP(=O)(O)O)c1ccc(O)cc1. The normalized spacial score (nSPS) is 21.2. The zero-order chi connectivity index (χ0) is 18.8. The molecule has 6 N–H and O–H groups in total. The van der Waals surface area contributed by atoms with Crippen LogP contribution in [-0.2, 0) is 4.57 Å². The first-order valence-electron chi connectivity index (χ1n) is 7.46. The minimum Gasteiger partial charge on any atom is -0.508 e. The Labute approximate surface area is 144 Å². The third-order valence-corrected chi connectivity index (χ3v) is 4.38. The Bertz CT molecular complexity index is 761. The number of aliphatic hydroxyl groups excluding tert-OH is 1. The van der Waals surface area contributed by atoms with Crippen LogP contribution in [0.3, 0.4) is 0 Å². The van der Waals surface area contributed by atoms with Crippen LogP contribution < -0.4 is 0 Å². The van der Waals surface area contributed by atoms with Crippen LogP contribution in [0.2, 0.25) is 0 Å². The lowest BCUT2D eigenvalue weighted by atomic mass is 9.82. The van der Waals surface area contributed by atoms with E-state index >= 15 is 0 Å². The van der Waals surface area contributed by atoms with Crippen LogP contribution >= 0.6 is 7.75 Å². The molecule has 25 heavy (non-hydrogen) atoms. The van der Waals surface area contributed by atoms with Crippen LogP contribution in [0.1, 0.15) is 24.8 Å². The van der Waals surface area contributed by atoms with E-state index in [9.17, 15) is 25.0 Å². The van der Waals surface area contributed by atoms with Crippen molar-refractivity contribution in [1.82, 2.24) is 0 Å². The molecule has 2 atom stereocenters. The average molecular weight is 369 g/mol. The Hall–Kier alpha value is -1.96. The summed E-state index contributed by atoms with van der Waals surface area (Å²) in [5.74, 6) is -4.14. The average Bonchev–Trinajstić information content (AvgIpc) is 2.45. The van der Waals surface area contributed by atoms with Crippen LogP contribution in [0.15, 0.2) is 53.0 Å². The van der Waals surface area contributed by atoms with Crippen molar-refractivity contribution in [2.75, 3.05) is 0 Å². The fraction of sp³-hybridized carbons (Fsp3) is 0.312. The number of aliphatic hydroxyl groups is 3. The third-order valence-electron chi connectivity index (χ3n) is 3.89. The van der Waals surface area contributed by atoms with Crippen LogP contribution in [0.4, 0.5) is 0 Å². The van der Waals surface area contributed by atoms with Crippen LogP contribution in [0, 0.1) is 5.92 Å². The zero-order valence-electron chi connectivity index (χ0n) is 13.4. The standard InChI is InChI=1S/C16H20NO7P/c1-10(11-2-4-12(18)5-3-11)9-16(20,21)14-7-6-13(19)8-15(14)17-25(22,23)24/h2-8,10,14,18-21H,9H2,1H3,(H2,22,23,24). The van der Waals surface area contributed by atoms with Gasteiger partial charge in [0.15, 0.2) is 5.79 Å². The van der Waals surface area contributed by atoms with E-state index in [4.69, 9.17) is 9.79 Å². The molecule has 0 fully saturated rings. The van der Waals surface area contributed by atoms with Gasteiger partial charge >= 0.3 is 7.75 Å². The summed E-state index contributed by atoms with van der Waals surface area (Å²) >= 11 is 0. The van der Waals surface area contributed by atoms with Gasteiger partial charge in [0.05, 0.1) is 11.6 Å². The molecule has 0 heterocycles. The minimum atomic E-state index is -4.82. The Kier molecular flexibility index (Phi) is 5.51. The quantitative estimate of drug-likeness (QED) is 0.342. The van der Waals surface area contributed by atoms with Crippen molar-refractivity contribution in [3.05, 3.63) is 53.8 Å². The van der Waals surface area contributed by atoms with Gasteiger partial charge in [-0.1, -0.05) is 25.1 Å². The summed E-state index contributed by atoms with van der Waals surface area (Å²) in [6.07, 6.45) is 3.25. The van der Waals surface area contributed by atoms with Gasteiger partial charge < -0.3 is 30.2 Å². The molecule has 1 aromatic rings. The molecule has 136 valence electrons. The highest BCUT2D eigenvalue weighted by molar-refractivity contribution is 7.50. The van der Waals surface area contributed by atoms with Gasteiger partial charge in [-0.25, -0.2) is 4.57 Å². The van der Waals surface area contributed by atoms with E-state index in [1.54, 1.807) is 19.1 Å². The highest BCUT2D eigenvalue weighted by Gasteiger charge is 2.39. The van der Waals surface area contributed by atoms with E-state index in [1.807, 2.05) is 0 Å². The summed E-state index contributed by atoms with van der Waals surface area (Å²) in [4.78, 5) is 18.1. The number of benzene rings is 1. The van der Waals surface area contributed by atoms with Crippen molar-refractivity contribution in [3.8, 4) is 5.75 Å². The predicted octanol–water partition coefficient (Wildman–Crippen LogP) is 1.73. The fourth-order valence-corrected chi connectivity index (χ4v) is 3.20. The molecule has 2 unspecified atom stereocenters. The van der Waals surface area contributed by atoms with Gasteiger partial charge in [-0.05, 0) is 29.7 Å². The number of phenols is 1. The predicted molar refractivity (Wildman–Crippen MR) is 91.1 cm³/mol. The first kappa shape index (κ1) is 19.4. The lowest BCUT2D eigenvalue weighted by molar-refractivity contribution is -0.181. The van der Waals surface area contributed by atoms with Crippen LogP contribution in [-0.4, -0.2) is 41.7 Å². The van der Waals surface area contributed by atoms with Crippen LogP contribution in [0.5, 0.6) is 5.75 Å². The molecule has 0 aliphatic heterocycles. The van der Waals surface area contributed by atoms with Crippen molar-refractivity contribution < 1.29 is 34.8 Å². The molecule has 0 bridgehead atoms. The molecule has 0 aromatic heterocycles. The fourth-order valence-electron chi connectivity index (χ4n) is 2.71. The van der Waals surface area contributed by atoms with Gasteiger partial charge in [-0.15, -0.1) is 0 Å². The molecule has 1 aliphatic carbocycles. The van der Waals surface area contributed by atoms with E-state index < -0.39 is 19.5 Å². The lowest BCUT2D eigenvalue weighted by Crippen LogP contribution is -2.42. The molecule has 1 aliphatic rings. The van der Waals surface area contributed by atoms with Gasteiger partial charge in [0, 0.05) is 12.5 Å². The molecule has 0 spiro atoms. The summed E-state index contributed by atoms with van der Waals surface area (Å²) < 4.78 is 14.3. The molecule has 2 rings (SSSR count). The maximum Gasteiger partial charge on any atom is 0.448 e. The van der Waals surface area contributed by atoms with Gasteiger partial charge in [0.25, 0.3) is 0 Å². The summed E-state index contributed by atoms with van der Waals surface area (Å²) in [6, 6.07) is 6.24. The van der Waals surface area contributed by atoms with Gasteiger partial charge in [0.1, 0.15) is 11.5 Å². The molecule has 0 radical (unpaired) electrons. The van der Waals surface area contributed by atoms with Crippen molar-refractivity contribution in [1.29, 1.82) is 0 Å². The van der Waals surface area contributed by atoms with E-state index in [1.165, 1.54) is 24.3 Å². The first-order chi connectivity index (χ1) is 11.5. The Morgan fingerprint density at radius 3 is 2.36 bits per heavy atom. The summed E-state index contributed by atoms with van der Waals surface area (Å²) in [6.45, 7) is 1.74. The molecule has 1 aromatic carbocycles. The molecule has 0 saturated carbocycles. The minimum absolute atomic E-state index is 0.0853. The number of allylic oxidation sites excluding steroid dienone is 2. The van der Waals surface area contributed by atoms with Crippen molar-refractivity contribution in [2.24, 2.45) is 10.7 Å². The largest absolute Gasteiger partial charge is 0.508 e. The Morgan fingerprint density at radius 1 is 1.20 bits per heavy atom. The van der Waals surface area contributed by atoms with E-state index in [2.05, 4.69) is 4.76 Å². The maximum atomic E-state index is 11.1. The second-order valence-electron chi connectivity index (χ2n) is 6.02. The monoisotopic (exact) mass is 369 g/mol. The number of hydrogen-bond acceptors (Lipinski definition) is 5. The summed E-state index contributed by atoms with van der Waals surface area (Å²) in [5, 5.41) is 39.8. The van der Waals surface area contributed by atoms with E-state index in [0.717, 1.165) is 11.6 Å². The topological polar surface area (TPSA) is 151 Å².